The summed E-state index contributed by atoms with van der Waals surface area (Å²) in [6.07, 6.45) is 9.29. The summed E-state index contributed by atoms with van der Waals surface area (Å²) in [6, 6.07) is 12.6. The maximum Gasteiger partial charge on any atom is 0.159 e. The van der Waals surface area contributed by atoms with Crippen LogP contribution in [0, 0.1) is 12.8 Å². The van der Waals surface area contributed by atoms with Crippen molar-refractivity contribution in [2.75, 3.05) is 19.6 Å². The summed E-state index contributed by atoms with van der Waals surface area (Å²) in [4.78, 5) is 16.7. The van der Waals surface area contributed by atoms with Gasteiger partial charge in [0.1, 0.15) is 0 Å². The number of hydrogen-bond acceptors (Lipinski definition) is 4. The average Bonchev–Trinajstić information content (AvgIpc) is 2.80. The Hall–Kier alpha value is -2.59. The molecular formula is C26H32N4. The molecule has 2 aromatic heterocycles. The first-order valence-corrected chi connectivity index (χ1v) is 11.2. The lowest BCUT2D eigenvalue weighted by Gasteiger charge is -2.34. The van der Waals surface area contributed by atoms with E-state index in [2.05, 4.69) is 54.9 Å². The van der Waals surface area contributed by atoms with Crippen LogP contribution in [0.2, 0.25) is 0 Å². The Labute approximate surface area is 180 Å². The van der Waals surface area contributed by atoms with Gasteiger partial charge in [-0.25, -0.2) is 9.97 Å². The van der Waals surface area contributed by atoms with E-state index in [0.717, 1.165) is 23.9 Å². The molecule has 1 aliphatic heterocycles. The van der Waals surface area contributed by atoms with Crippen molar-refractivity contribution < 1.29 is 0 Å². The van der Waals surface area contributed by atoms with Crippen LogP contribution in [0.4, 0.5) is 0 Å². The molecule has 2 atom stereocenters. The fourth-order valence-corrected chi connectivity index (χ4v) is 4.44. The molecule has 3 aromatic rings. The molecule has 1 aromatic carbocycles. The topological polar surface area (TPSA) is 41.9 Å². The smallest absolute Gasteiger partial charge is 0.159 e. The van der Waals surface area contributed by atoms with Crippen LogP contribution in [-0.4, -0.2) is 39.5 Å². The van der Waals surface area contributed by atoms with Crippen LogP contribution in [0.15, 0.2) is 55.0 Å². The zero-order valence-electron chi connectivity index (χ0n) is 18.4. The minimum absolute atomic E-state index is 0.431. The van der Waals surface area contributed by atoms with Crippen molar-refractivity contribution in [3.8, 4) is 22.5 Å². The number of likely N-dealkylation sites (tertiary alicyclic amines) is 1. The summed E-state index contributed by atoms with van der Waals surface area (Å²) in [6.45, 7) is 10.3. The molecule has 1 aliphatic rings. The number of hydrogen-bond donors (Lipinski definition) is 0. The molecule has 1 saturated heterocycles. The van der Waals surface area contributed by atoms with Gasteiger partial charge in [-0.05, 0) is 55.5 Å². The molecule has 0 amide bonds. The molecule has 4 heteroatoms. The van der Waals surface area contributed by atoms with Crippen LogP contribution < -0.4 is 0 Å². The van der Waals surface area contributed by atoms with Crippen LogP contribution in [0.25, 0.3) is 22.5 Å². The summed E-state index contributed by atoms with van der Waals surface area (Å²) < 4.78 is 0. The van der Waals surface area contributed by atoms with Crippen molar-refractivity contribution in [3.63, 3.8) is 0 Å². The van der Waals surface area contributed by atoms with Crippen molar-refractivity contribution in [1.29, 1.82) is 0 Å². The fraction of sp³-hybridized carbons (Fsp3) is 0.423. The molecule has 0 bridgehead atoms. The Kier molecular flexibility index (Phi) is 6.53. The molecule has 30 heavy (non-hydrogen) atoms. The highest BCUT2D eigenvalue weighted by Gasteiger charge is 2.26. The maximum absolute atomic E-state index is 5.15. The largest absolute Gasteiger partial charge is 0.302 e. The van der Waals surface area contributed by atoms with Gasteiger partial charge in [-0.1, -0.05) is 44.5 Å². The molecule has 0 radical (unpaired) electrons. The number of aromatic nitrogens is 3. The highest BCUT2D eigenvalue weighted by Crippen LogP contribution is 2.35. The number of nitrogens with zero attached hydrogens (tertiary/aromatic N) is 4. The molecule has 0 saturated carbocycles. The number of piperidine rings is 1. The second-order valence-electron chi connectivity index (χ2n) is 8.66. The third-order valence-corrected chi connectivity index (χ3v) is 6.35. The van der Waals surface area contributed by atoms with Crippen LogP contribution in [-0.2, 0) is 0 Å². The van der Waals surface area contributed by atoms with Crippen LogP contribution in [0.1, 0.15) is 50.3 Å². The van der Waals surface area contributed by atoms with Gasteiger partial charge in [0.2, 0.25) is 0 Å². The van der Waals surface area contributed by atoms with E-state index in [4.69, 9.17) is 9.97 Å². The molecule has 2 unspecified atom stereocenters. The predicted molar refractivity (Wildman–Crippen MR) is 123 cm³/mol. The monoisotopic (exact) mass is 400 g/mol. The first kappa shape index (κ1) is 20.7. The van der Waals surface area contributed by atoms with Gasteiger partial charge < -0.3 is 4.90 Å². The van der Waals surface area contributed by atoms with Gasteiger partial charge in [0, 0.05) is 48.7 Å². The van der Waals surface area contributed by atoms with Crippen molar-refractivity contribution in [2.45, 2.75) is 46.0 Å². The molecule has 4 nitrogen and oxygen atoms in total. The molecule has 0 spiro atoms. The van der Waals surface area contributed by atoms with Gasteiger partial charge in [-0.2, -0.15) is 0 Å². The summed E-state index contributed by atoms with van der Waals surface area (Å²) >= 11 is 0. The highest BCUT2D eigenvalue weighted by molar-refractivity contribution is 5.70. The molecule has 3 heterocycles. The number of rotatable bonds is 6. The van der Waals surface area contributed by atoms with Crippen molar-refractivity contribution >= 4 is 0 Å². The minimum Gasteiger partial charge on any atom is -0.302 e. The third-order valence-electron chi connectivity index (χ3n) is 6.35. The second kappa shape index (κ2) is 9.48. The first-order valence-electron chi connectivity index (χ1n) is 11.2. The molecular weight excluding hydrogens is 368 g/mol. The summed E-state index contributed by atoms with van der Waals surface area (Å²) in [5.41, 5.74) is 5.91. The first-order chi connectivity index (χ1) is 14.7. The summed E-state index contributed by atoms with van der Waals surface area (Å²) in [7, 11) is 0. The van der Waals surface area contributed by atoms with E-state index in [9.17, 15) is 0 Å². The molecule has 0 aliphatic carbocycles. The van der Waals surface area contributed by atoms with E-state index in [1.54, 1.807) is 0 Å². The zero-order valence-corrected chi connectivity index (χ0v) is 18.4. The predicted octanol–water partition coefficient (Wildman–Crippen LogP) is 5.74. The highest BCUT2D eigenvalue weighted by atomic mass is 15.1. The quantitative estimate of drug-likeness (QED) is 0.529. The summed E-state index contributed by atoms with van der Waals surface area (Å²) in [5.74, 6) is 1.96. The van der Waals surface area contributed by atoms with Crippen LogP contribution in [0.5, 0.6) is 0 Å². The van der Waals surface area contributed by atoms with Crippen LogP contribution >= 0.6 is 0 Å². The van der Waals surface area contributed by atoms with Gasteiger partial charge in [-0.3, -0.25) is 4.98 Å². The molecule has 156 valence electrons. The van der Waals surface area contributed by atoms with Crippen LogP contribution in [0.3, 0.4) is 0 Å². The average molecular weight is 401 g/mol. The zero-order chi connectivity index (χ0) is 20.9. The van der Waals surface area contributed by atoms with Gasteiger partial charge >= 0.3 is 0 Å². The van der Waals surface area contributed by atoms with E-state index >= 15 is 0 Å². The standard InChI is InChI=1S/C26H32N4/c1-4-19(2)17-30-15-7-9-22(18-30)25-24(23-10-6-5-8-20(23)3)16-28-26(29-25)21-11-13-27-14-12-21/h5-6,8,10-14,16,19,22H,4,7,9,15,17-18H2,1-3H3. The van der Waals surface area contributed by atoms with E-state index < -0.39 is 0 Å². The number of pyridine rings is 1. The summed E-state index contributed by atoms with van der Waals surface area (Å²) in [5, 5.41) is 0. The van der Waals surface area contributed by atoms with E-state index in [-0.39, 0.29) is 0 Å². The van der Waals surface area contributed by atoms with E-state index in [0.29, 0.717) is 5.92 Å². The lowest BCUT2D eigenvalue weighted by atomic mass is 9.88. The third kappa shape index (κ3) is 4.59. The van der Waals surface area contributed by atoms with Gasteiger partial charge in [-0.15, -0.1) is 0 Å². The van der Waals surface area contributed by atoms with E-state index in [1.165, 1.54) is 54.7 Å². The second-order valence-corrected chi connectivity index (χ2v) is 8.66. The van der Waals surface area contributed by atoms with Crippen molar-refractivity contribution in [2.24, 2.45) is 5.92 Å². The minimum atomic E-state index is 0.431. The van der Waals surface area contributed by atoms with Crippen molar-refractivity contribution in [3.05, 3.63) is 66.2 Å². The normalized spacial score (nSPS) is 18.3. The maximum atomic E-state index is 5.15. The Balaban J connectivity index is 1.74. The Morgan fingerprint density at radius 3 is 2.67 bits per heavy atom. The lowest BCUT2D eigenvalue weighted by molar-refractivity contribution is 0.180. The SMILES string of the molecule is CCC(C)CN1CCCC(c2nc(-c3ccncc3)ncc2-c2ccccc2C)C1. The molecule has 4 rings (SSSR count). The Bertz CT molecular complexity index is 970. The van der Waals surface area contributed by atoms with Gasteiger partial charge in [0.25, 0.3) is 0 Å². The van der Waals surface area contributed by atoms with Gasteiger partial charge in [0.15, 0.2) is 5.82 Å². The number of aryl methyl sites for hydroxylation is 1. The van der Waals surface area contributed by atoms with E-state index in [1.807, 2.05) is 30.7 Å². The Morgan fingerprint density at radius 2 is 1.90 bits per heavy atom. The van der Waals surface area contributed by atoms with Gasteiger partial charge in [0.05, 0.1) is 5.69 Å². The molecule has 1 fully saturated rings. The lowest BCUT2D eigenvalue weighted by Crippen LogP contribution is -2.37. The fourth-order valence-electron chi connectivity index (χ4n) is 4.44. The van der Waals surface area contributed by atoms with Crippen molar-refractivity contribution in [1.82, 2.24) is 19.9 Å². The molecule has 0 N–H and O–H groups in total. The number of benzene rings is 1. The Morgan fingerprint density at radius 1 is 1.10 bits per heavy atom.